The van der Waals surface area contributed by atoms with Gasteiger partial charge in [-0.25, -0.2) is 0 Å². The fourth-order valence-electron chi connectivity index (χ4n) is 2.34. The number of aromatic nitrogens is 1. The molecule has 0 saturated carbocycles. The van der Waals surface area contributed by atoms with E-state index >= 15 is 0 Å². The monoisotopic (exact) mass is 344 g/mol. The van der Waals surface area contributed by atoms with Crippen LogP contribution in [0.4, 0.5) is 5.69 Å². The quantitative estimate of drug-likeness (QED) is 0.636. The number of benzene rings is 2. The lowest BCUT2D eigenvalue weighted by molar-refractivity contribution is 0.102. The number of aromatic hydroxyl groups is 1. The Labute approximate surface area is 141 Å². The molecule has 3 rings (SSSR count). The molecule has 122 valence electrons. The zero-order valence-corrected chi connectivity index (χ0v) is 13.3. The van der Waals surface area contributed by atoms with E-state index in [0.717, 1.165) is 0 Å². The molecule has 0 aliphatic carbocycles. The summed E-state index contributed by atoms with van der Waals surface area (Å²) in [6.45, 7) is 0. The van der Waals surface area contributed by atoms with E-state index in [1.807, 2.05) is 0 Å². The van der Waals surface area contributed by atoms with Gasteiger partial charge in [0.2, 0.25) is 0 Å². The fourth-order valence-corrected chi connectivity index (χ4v) is 2.56. The number of hydrogen-bond donors (Lipinski definition) is 3. The van der Waals surface area contributed by atoms with Crippen LogP contribution in [0, 0.1) is 0 Å². The third-order valence-electron chi connectivity index (χ3n) is 3.52. The Hall–Kier alpha value is -2.99. The molecule has 3 aromatic rings. The number of anilines is 1. The summed E-state index contributed by atoms with van der Waals surface area (Å²) in [4.78, 5) is 27.5. The molecule has 24 heavy (non-hydrogen) atoms. The minimum atomic E-state index is -0.482. The highest BCUT2D eigenvalue weighted by atomic mass is 35.5. The average molecular weight is 345 g/mol. The summed E-state index contributed by atoms with van der Waals surface area (Å²) in [6, 6.07) is 8.65. The number of amides is 1. The minimum Gasteiger partial charge on any atom is -0.508 e. The van der Waals surface area contributed by atoms with Crippen molar-refractivity contribution in [1.29, 1.82) is 0 Å². The predicted octanol–water partition coefficient (Wildman–Crippen LogP) is 3.15. The van der Waals surface area contributed by atoms with E-state index in [2.05, 4.69) is 10.3 Å². The second-order valence-corrected chi connectivity index (χ2v) is 5.47. The van der Waals surface area contributed by atoms with Crippen LogP contribution < -0.4 is 15.5 Å². The van der Waals surface area contributed by atoms with Gasteiger partial charge in [0.25, 0.3) is 5.91 Å². The second-order valence-electron chi connectivity index (χ2n) is 5.06. The number of H-pyrrole nitrogens is 1. The highest BCUT2D eigenvalue weighted by Crippen LogP contribution is 2.28. The molecule has 1 aromatic heterocycles. The summed E-state index contributed by atoms with van der Waals surface area (Å²) >= 11 is 5.99. The van der Waals surface area contributed by atoms with Crippen LogP contribution in [0.5, 0.6) is 11.5 Å². The minimum absolute atomic E-state index is 0.00665. The second kappa shape index (κ2) is 6.25. The van der Waals surface area contributed by atoms with Crippen LogP contribution in [-0.4, -0.2) is 23.1 Å². The number of halogens is 1. The molecule has 1 amide bonds. The largest absolute Gasteiger partial charge is 0.508 e. The van der Waals surface area contributed by atoms with Crippen molar-refractivity contribution in [3.05, 3.63) is 63.4 Å². The topological polar surface area (TPSA) is 91.4 Å². The Kier molecular flexibility index (Phi) is 4.14. The molecule has 7 heteroatoms. The first-order chi connectivity index (χ1) is 11.5. The van der Waals surface area contributed by atoms with Gasteiger partial charge in [-0.1, -0.05) is 11.6 Å². The van der Waals surface area contributed by atoms with Gasteiger partial charge < -0.3 is 20.1 Å². The van der Waals surface area contributed by atoms with E-state index in [0.29, 0.717) is 22.3 Å². The summed E-state index contributed by atoms with van der Waals surface area (Å²) in [6.07, 6.45) is 1.53. The summed E-state index contributed by atoms with van der Waals surface area (Å²) < 4.78 is 5.25. The molecule has 0 radical (unpaired) electrons. The van der Waals surface area contributed by atoms with Crippen LogP contribution in [-0.2, 0) is 0 Å². The molecule has 0 saturated heterocycles. The first kappa shape index (κ1) is 15.9. The number of phenolic OH excluding ortho intramolecular Hbond substituents is 1. The molecule has 0 bridgehead atoms. The molecule has 0 atom stereocenters. The van der Waals surface area contributed by atoms with E-state index in [-0.39, 0.29) is 21.8 Å². The van der Waals surface area contributed by atoms with E-state index in [9.17, 15) is 14.7 Å². The lowest BCUT2D eigenvalue weighted by Crippen LogP contribution is -2.14. The number of phenols is 1. The highest BCUT2D eigenvalue weighted by molar-refractivity contribution is 6.34. The number of ether oxygens (including phenoxy) is 1. The first-order valence-corrected chi connectivity index (χ1v) is 7.36. The van der Waals surface area contributed by atoms with Gasteiger partial charge in [-0.15, -0.1) is 0 Å². The number of aromatic amines is 1. The van der Waals surface area contributed by atoms with Crippen molar-refractivity contribution in [2.45, 2.75) is 0 Å². The van der Waals surface area contributed by atoms with Gasteiger partial charge in [0.1, 0.15) is 11.5 Å². The molecule has 0 spiro atoms. The number of rotatable bonds is 3. The van der Waals surface area contributed by atoms with Gasteiger partial charge in [-0.2, -0.15) is 0 Å². The molecule has 0 unspecified atom stereocenters. The van der Waals surface area contributed by atoms with Crippen LogP contribution >= 0.6 is 11.6 Å². The van der Waals surface area contributed by atoms with Gasteiger partial charge in [0.05, 0.1) is 28.9 Å². The van der Waals surface area contributed by atoms with Crippen molar-refractivity contribution >= 4 is 34.1 Å². The molecular weight excluding hydrogens is 332 g/mol. The van der Waals surface area contributed by atoms with Crippen molar-refractivity contribution in [3.8, 4) is 11.5 Å². The molecule has 0 fully saturated rings. The Morgan fingerprint density at radius 3 is 2.75 bits per heavy atom. The van der Waals surface area contributed by atoms with E-state index < -0.39 is 5.91 Å². The molecule has 1 heterocycles. The standard InChI is InChI=1S/C17H13ClN2O4/c1-24-16-8-14-10(15(22)4-5-19-14)7-11(16)17(23)20-13-3-2-9(21)6-12(13)18/h2-8,21H,1H3,(H,19,22)(H,20,23). The van der Waals surface area contributed by atoms with Gasteiger partial charge in [-0.05, 0) is 18.2 Å². The van der Waals surface area contributed by atoms with Crippen LogP contribution in [0.25, 0.3) is 10.9 Å². The van der Waals surface area contributed by atoms with Crippen molar-refractivity contribution in [1.82, 2.24) is 4.98 Å². The van der Waals surface area contributed by atoms with E-state index in [1.165, 1.54) is 43.6 Å². The van der Waals surface area contributed by atoms with E-state index in [1.54, 1.807) is 6.07 Å². The predicted molar refractivity (Wildman–Crippen MR) is 92.2 cm³/mol. The molecule has 6 nitrogen and oxygen atoms in total. The summed E-state index contributed by atoms with van der Waals surface area (Å²) in [5, 5.41) is 12.6. The number of methoxy groups -OCH3 is 1. The number of carbonyl (C=O) groups is 1. The van der Waals surface area contributed by atoms with Crippen molar-refractivity contribution in [2.75, 3.05) is 12.4 Å². The van der Waals surface area contributed by atoms with Gasteiger partial charge >= 0.3 is 0 Å². The van der Waals surface area contributed by atoms with Crippen molar-refractivity contribution < 1.29 is 14.6 Å². The zero-order valence-electron chi connectivity index (χ0n) is 12.6. The third-order valence-corrected chi connectivity index (χ3v) is 3.84. The number of carbonyl (C=O) groups excluding carboxylic acids is 1. The average Bonchev–Trinajstić information content (AvgIpc) is 2.56. The first-order valence-electron chi connectivity index (χ1n) is 6.99. The Morgan fingerprint density at radius 2 is 2.04 bits per heavy atom. The molecule has 3 N–H and O–H groups in total. The lowest BCUT2D eigenvalue weighted by Gasteiger charge is -2.12. The molecule has 0 aliphatic rings. The van der Waals surface area contributed by atoms with Crippen LogP contribution in [0.2, 0.25) is 5.02 Å². The summed E-state index contributed by atoms with van der Waals surface area (Å²) in [5.41, 5.74) is 0.899. The zero-order chi connectivity index (χ0) is 17.3. The number of nitrogens with one attached hydrogen (secondary N) is 2. The van der Waals surface area contributed by atoms with Crippen LogP contribution in [0.15, 0.2) is 47.4 Å². The van der Waals surface area contributed by atoms with Crippen molar-refractivity contribution in [3.63, 3.8) is 0 Å². The van der Waals surface area contributed by atoms with Crippen molar-refractivity contribution in [2.24, 2.45) is 0 Å². The molecule has 2 aromatic carbocycles. The normalized spacial score (nSPS) is 10.6. The summed E-state index contributed by atoms with van der Waals surface area (Å²) in [5.74, 6) is -0.172. The summed E-state index contributed by atoms with van der Waals surface area (Å²) in [7, 11) is 1.44. The number of pyridine rings is 1. The Bertz CT molecular complexity index is 998. The van der Waals surface area contributed by atoms with E-state index in [4.69, 9.17) is 16.3 Å². The fraction of sp³-hybridized carbons (Fsp3) is 0.0588. The maximum Gasteiger partial charge on any atom is 0.259 e. The highest BCUT2D eigenvalue weighted by Gasteiger charge is 2.16. The maximum atomic E-state index is 12.6. The van der Waals surface area contributed by atoms with Crippen LogP contribution in [0.1, 0.15) is 10.4 Å². The van der Waals surface area contributed by atoms with Gasteiger partial charge in [0.15, 0.2) is 5.43 Å². The number of fused-ring (bicyclic) bond motifs is 1. The Morgan fingerprint density at radius 1 is 1.25 bits per heavy atom. The Balaban J connectivity index is 2.05. The van der Waals surface area contributed by atoms with Gasteiger partial charge in [0, 0.05) is 29.8 Å². The number of hydrogen-bond acceptors (Lipinski definition) is 4. The maximum absolute atomic E-state index is 12.6. The smallest absolute Gasteiger partial charge is 0.259 e. The molecular formula is C17H13ClN2O4. The van der Waals surface area contributed by atoms with Gasteiger partial charge in [-0.3, -0.25) is 9.59 Å². The SMILES string of the molecule is COc1cc2[nH]ccc(=O)c2cc1C(=O)Nc1ccc(O)cc1Cl. The molecule has 0 aliphatic heterocycles. The third kappa shape index (κ3) is 2.91. The van der Waals surface area contributed by atoms with Crippen LogP contribution in [0.3, 0.4) is 0 Å². The lowest BCUT2D eigenvalue weighted by atomic mass is 10.1.